The van der Waals surface area contributed by atoms with Crippen LogP contribution in [0.3, 0.4) is 0 Å². The zero-order valence-corrected chi connectivity index (χ0v) is 15.5. The molecule has 0 spiro atoms. The predicted octanol–water partition coefficient (Wildman–Crippen LogP) is 4.39. The van der Waals surface area contributed by atoms with E-state index in [1.165, 1.54) is 0 Å². The molecule has 0 bridgehead atoms. The number of carbonyl (C=O) groups excluding carboxylic acids is 2. The molecule has 5 nitrogen and oxygen atoms in total. The van der Waals surface area contributed by atoms with Gasteiger partial charge in [-0.15, -0.1) is 0 Å². The van der Waals surface area contributed by atoms with Crippen LogP contribution in [0.25, 0.3) is 0 Å². The molecule has 1 heterocycles. The summed E-state index contributed by atoms with van der Waals surface area (Å²) in [5.74, 6) is 0.408. The van der Waals surface area contributed by atoms with Crippen molar-refractivity contribution in [3.8, 4) is 5.75 Å². The van der Waals surface area contributed by atoms with Gasteiger partial charge in [-0.1, -0.05) is 41.4 Å². The summed E-state index contributed by atoms with van der Waals surface area (Å²) in [7, 11) is 0. The minimum Gasteiger partial charge on any atom is -0.410 e. The number of rotatable bonds is 3. The quantitative estimate of drug-likeness (QED) is 0.842. The molecule has 7 heteroatoms. The first-order valence-electron chi connectivity index (χ1n) is 8.30. The molecule has 136 valence electrons. The van der Waals surface area contributed by atoms with Crippen LogP contribution in [0.5, 0.6) is 5.75 Å². The largest absolute Gasteiger partial charge is 0.412 e. The first-order chi connectivity index (χ1) is 12.5. The summed E-state index contributed by atoms with van der Waals surface area (Å²) in [4.78, 5) is 26.2. The van der Waals surface area contributed by atoms with Crippen molar-refractivity contribution in [2.24, 2.45) is 0 Å². The molecule has 0 radical (unpaired) electrons. The summed E-state index contributed by atoms with van der Waals surface area (Å²) in [5.41, 5.74) is 0.509. The Bertz CT molecular complexity index is 791. The average Bonchev–Trinajstić information content (AvgIpc) is 2.65. The van der Waals surface area contributed by atoms with E-state index in [9.17, 15) is 9.59 Å². The third-order valence-electron chi connectivity index (χ3n) is 4.22. The van der Waals surface area contributed by atoms with Crippen LogP contribution in [0.1, 0.15) is 23.2 Å². The summed E-state index contributed by atoms with van der Waals surface area (Å²) in [6.45, 7) is 1.10. The molecule has 0 unspecified atom stereocenters. The van der Waals surface area contributed by atoms with Crippen molar-refractivity contribution in [3.05, 3.63) is 64.1 Å². The van der Waals surface area contributed by atoms with Crippen LogP contribution in [-0.2, 0) is 0 Å². The molecule has 1 fully saturated rings. The number of nitrogens with one attached hydrogen (secondary N) is 1. The molecule has 2 aromatic carbocycles. The van der Waals surface area contributed by atoms with Crippen molar-refractivity contribution in [3.63, 3.8) is 0 Å². The second-order valence-corrected chi connectivity index (χ2v) is 6.86. The maximum atomic E-state index is 12.5. The zero-order valence-electron chi connectivity index (χ0n) is 14.0. The van der Waals surface area contributed by atoms with Crippen molar-refractivity contribution < 1.29 is 14.3 Å². The summed E-state index contributed by atoms with van der Waals surface area (Å²) >= 11 is 11.9. The molecular formula is C19H18Cl2N2O3. The molecule has 2 aromatic rings. The number of hydrogen-bond acceptors (Lipinski definition) is 3. The molecule has 2 amide bonds. The van der Waals surface area contributed by atoms with Crippen LogP contribution in [0.4, 0.5) is 4.79 Å². The van der Waals surface area contributed by atoms with Crippen LogP contribution in [0.15, 0.2) is 48.5 Å². The predicted molar refractivity (Wildman–Crippen MR) is 101 cm³/mol. The normalized spacial score (nSPS) is 14.8. The Hall–Kier alpha value is -2.24. The van der Waals surface area contributed by atoms with Gasteiger partial charge in [-0.25, -0.2) is 4.79 Å². The van der Waals surface area contributed by atoms with E-state index < -0.39 is 6.09 Å². The van der Waals surface area contributed by atoms with Gasteiger partial charge in [0.15, 0.2) is 0 Å². The van der Waals surface area contributed by atoms with Gasteiger partial charge in [0, 0.05) is 24.7 Å². The number of para-hydroxylation sites is 1. The third kappa shape index (κ3) is 4.68. The lowest BCUT2D eigenvalue weighted by molar-refractivity contribution is 0.0706. The van der Waals surface area contributed by atoms with Gasteiger partial charge in [0.1, 0.15) is 5.75 Å². The van der Waals surface area contributed by atoms with Crippen molar-refractivity contribution in [1.29, 1.82) is 0 Å². The van der Waals surface area contributed by atoms with Gasteiger partial charge in [0.25, 0.3) is 5.91 Å². The number of amides is 2. The van der Waals surface area contributed by atoms with Gasteiger partial charge < -0.3 is 15.0 Å². The number of piperidine rings is 1. The maximum Gasteiger partial charge on any atom is 0.412 e. The smallest absolute Gasteiger partial charge is 0.410 e. The molecule has 1 aliphatic heterocycles. The highest BCUT2D eigenvalue weighted by Gasteiger charge is 2.25. The van der Waals surface area contributed by atoms with Crippen molar-refractivity contribution in [2.45, 2.75) is 18.9 Å². The Kier molecular flexibility index (Phi) is 6.01. The second kappa shape index (κ2) is 8.43. The van der Waals surface area contributed by atoms with E-state index in [-0.39, 0.29) is 11.9 Å². The first-order valence-corrected chi connectivity index (χ1v) is 9.06. The Balaban J connectivity index is 1.50. The minimum absolute atomic E-state index is 0.0240. The van der Waals surface area contributed by atoms with Crippen LogP contribution in [-0.4, -0.2) is 36.0 Å². The topological polar surface area (TPSA) is 58.6 Å². The minimum atomic E-state index is -0.481. The summed E-state index contributed by atoms with van der Waals surface area (Å²) in [6, 6.07) is 13.7. The molecule has 3 rings (SSSR count). The van der Waals surface area contributed by atoms with Crippen molar-refractivity contribution in [1.82, 2.24) is 10.2 Å². The number of nitrogens with zero attached hydrogens (tertiary/aromatic N) is 1. The fourth-order valence-electron chi connectivity index (χ4n) is 2.83. The summed E-state index contributed by atoms with van der Waals surface area (Å²) < 4.78 is 5.23. The maximum absolute atomic E-state index is 12.5. The fraction of sp³-hybridized carbons (Fsp3) is 0.263. The summed E-state index contributed by atoms with van der Waals surface area (Å²) in [5, 5.41) is 3.62. The van der Waals surface area contributed by atoms with Crippen LogP contribution < -0.4 is 10.1 Å². The molecule has 0 aliphatic carbocycles. The number of halogens is 2. The van der Waals surface area contributed by atoms with Gasteiger partial charge in [0.2, 0.25) is 0 Å². The van der Waals surface area contributed by atoms with E-state index in [4.69, 9.17) is 27.9 Å². The Morgan fingerprint density at radius 1 is 1.00 bits per heavy atom. The number of ether oxygens (including phenoxy) is 1. The number of benzene rings is 2. The molecule has 1 N–H and O–H groups in total. The highest BCUT2D eigenvalue weighted by Crippen LogP contribution is 2.24. The van der Waals surface area contributed by atoms with Gasteiger partial charge in [-0.05, 0) is 43.2 Å². The zero-order chi connectivity index (χ0) is 18.5. The Labute approximate surface area is 161 Å². The molecule has 26 heavy (non-hydrogen) atoms. The molecule has 1 aliphatic rings. The van der Waals surface area contributed by atoms with E-state index in [1.807, 2.05) is 6.07 Å². The van der Waals surface area contributed by atoms with Crippen molar-refractivity contribution in [2.75, 3.05) is 13.1 Å². The molecule has 1 saturated heterocycles. The Morgan fingerprint density at radius 3 is 2.35 bits per heavy atom. The average molecular weight is 393 g/mol. The molecule has 0 atom stereocenters. The van der Waals surface area contributed by atoms with Crippen LogP contribution in [0, 0.1) is 0 Å². The number of carbonyl (C=O) groups is 2. The SMILES string of the molecule is O=C(NC1CCN(C(=O)c2ccc(Cl)c(Cl)c2)CC1)Oc1ccccc1. The number of likely N-dealkylation sites (tertiary alicyclic amines) is 1. The van der Waals surface area contributed by atoms with E-state index in [2.05, 4.69) is 5.32 Å². The van der Waals surface area contributed by atoms with Gasteiger partial charge in [0.05, 0.1) is 10.0 Å². The van der Waals surface area contributed by atoms with E-state index in [0.717, 1.165) is 0 Å². The van der Waals surface area contributed by atoms with Crippen LogP contribution >= 0.6 is 23.2 Å². The monoisotopic (exact) mass is 392 g/mol. The Morgan fingerprint density at radius 2 is 1.69 bits per heavy atom. The highest BCUT2D eigenvalue weighted by atomic mass is 35.5. The number of hydrogen-bond donors (Lipinski definition) is 1. The van der Waals surface area contributed by atoms with Gasteiger partial charge >= 0.3 is 6.09 Å². The third-order valence-corrected chi connectivity index (χ3v) is 4.96. The molecule has 0 saturated carbocycles. The van der Waals surface area contributed by atoms with E-state index in [0.29, 0.717) is 47.3 Å². The lowest BCUT2D eigenvalue weighted by atomic mass is 10.0. The fourth-order valence-corrected chi connectivity index (χ4v) is 3.13. The van der Waals surface area contributed by atoms with Crippen molar-refractivity contribution >= 4 is 35.2 Å². The lowest BCUT2D eigenvalue weighted by Gasteiger charge is -2.32. The second-order valence-electron chi connectivity index (χ2n) is 6.04. The van der Waals surface area contributed by atoms with Gasteiger partial charge in [-0.3, -0.25) is 4.79 Å². The first kappa shape index (κ1) is 18.5. The standard InChI is InChI=1S/C19H18Cl2N2O3/c20-16-7-6-13(12-17(16)21)18(24)23-10-8-14(9-11-23)22-19(25)26-15-4-2-1-3-5-15/h1-7,12,14H,8-11H2,(H,22,25). The highest BCUT2D eigenvalue weighted by molar-refractivity contribution is 6.42. The summed E-state index contributed by atoms with van der Waals surface area (Å²) in [6.07, 6.45) is 0.846. The molecular weight excluding hydrogens is 375 g/mol. The lowest BCUT2D eigenvalue weighted by Crippen LogP contribution is -2.47. The van der Waals surface area contributed by atoms with E-state index >= 15 is 0 Å². The van der Waals surface area contributed by atoms with E-state index in [1.54, 1.807) is 47.4 Å². The van der Waals surface area contributed by atoms with Gasteiger partial charge in [-0.2, -0.15) is 0 Å². The molecule has 0 aromatic heterocycles. The van der Waals surface area contributed by atoms with Crippen LogP contribution in [0.2, 0.25) is 10.0 Å².